The summed E-state index contributed by atoms with van der Waals surface area (Å²) in [7, 11) is 4.83. The van der Waals surface area contributed by atoms with E-state index in [9.17, 15) is 5.11 Å². The Morgan fingerprint density at radius 2 is 1.18 bits per heavy atom. The maximum Gasteiger partial charge on any atom is 0.203 e. The van der Waals surface area contributed by atoms with Crippen LogP contribution >= 0.6 is 0 Å². The summed E-state index contributed by atoms with van der Waals surface area (Å²) >= 11 is 0. The Kier molecular flexibility index (Phi) is 11.5. The Hall–Kier alpha value is -1.86. The van der Waals surface area contributed by atoms with Crippen molar-refractivity contribution in [3.63, 3.8) is 0 Å². The van der Waals surface area contributed by atoms with Gasteiger partial charge in [-0.1, -0.05) is 44.9 Å². The van der Waals surface area contributed by atoms with Crippen molar-refractivity contribution >= 4 is 0 Å². The first-order valence-electron chi connectivity index (χ1n) is 10.4. The highest BCUT2D eigenvalue weighted by Crippen LogP contribution is 2.46. The molecule has 0 heterocycles. The average Bonchev–Trinajstić information content (AvgIpc) is 2.69. The van der Waals surface area contributed by atoms with E-state index in [1.807, 2.05) is 13.8 Å². The first-order valence-corrected chi connectivity index (χ1v) is 10.4. The molecule has 0 radical (unpaired) electrons. The fraction of sp³-hybridized carbons (Fsp3) is 0.667. The lowest BCUT2D eigenvalue weighted by Crippen LogP contribution is -2.08. The molecule has 0 amide bonds. The third-order valence-electron chi connectivity index (χ3n) is 5.40. The predicted octanol–water partition coefficient (Wildman–Crippen LogP) is 5.90. The molecule has 1 aromatic carbocycles. The van der Waals surface area contributed by atoms with Crippen LogP contribution < -0.4 is 14.2 Å². The lowest BCUT2D eigenvalue weighted by Gasteiger charge is -2.23. The number of aliphatic hydroxyl groups is 1. The Labute approximate surface area is 171 Å². The summed E-state index contributed by atoms with van der Waals surface area (Å²) in [6.07, 6.45) is 15.9. The standard InChI is InChI=1S/C24H38O4/c1-7-8-9-10-11-12-13-14-15-16-17-20(25)21-18(2)22(26-4)24(28-6)23(27-5)19(21)3/h1,20,25H,8-17H2,2-6H3. The van der Waals surface area contributed by atoms with Crippen LogP contribution in [0.5, 0.6) is 17.2 Å². The van der Waals surface area contributed by atoms with E-state index in [2.05, 4.69) is 5.92 Å². The maximum absolute atomic E-state index is 10.8. The quantitative estimate of drug-likeness (QED) is 0.317. The van der Waals surface area contributed by atoms with Gasteiger partial charge >= 0.3 is 0 Å². The van der Waals surface area contributed by atoms with E-state index in [1.165, 1.54) is 32.1 Å². The SMILES string of the molecule is C#CCCCCCCCCCCC(O)c1c(C)c(OC)c(OC)c(OC)c1C. The molecule has 1 N–H and O–H groups in total. The van der Waals surface area contributed by atoms with Crippen molar-refractivity contribution in [2.24, 2.45) is 0 Å². The number of unbranched alkanes of at least 4 members (excludes halogenated alkanes) is 8. The van der Waals surface area contributed by atoms with Gasteiger partial charge in [0, 0.05) is 17.5 Å². The van der Waals surface area contributed by atoms with Crippen LogP contribution in [0.4, 0.5) is 0 Å². The number of benzene rings is 1. The molecule has 1 unspecified atom stereocenters. The van der Waals surface area contributed by atoms with Crippen LogP contribution in [0.15, 0.2) is 0 Å². The summed E-state index contributed by atoms with van der Waals surface area (Å²) in [5.74, 6) is 4.53. The van der Waals surface area contributed by atoms with Crippen molar-refractivity contribution in [1.82, 2.24) is 0 Å². The van der Waals surface area contributed by atoms with Crippen LogP contribution in [0.1, 0.15) is 87.0 Å². The summed E-state index contributed by atoms with van der Waals surface area (Å²) in [5.41, 5.74) is 2.72. The van der Waals surface area contributed by atoms with E-state index < -0.39 is 6.10 Å². The van der Waals surface area contributed by atoms with E-state index in [0.717, 1.165) is 48.8 Å². The summed E-state index contributed by atoms with van der Waals surface area (Å²) in [6, 6.07) is 0. The second-order valence-electron chi connectivity index (χ2n) is 7.35. The third-order valence-corrected chi connectivity index (χ3v) is 5.40. The number of hydrogen-bond acceptors (Lipinski definition) is 4. The molecule has 0 fully saturated rings. The zero-order valence-electron chi connectivity index (χ0n) is 18.4. The summed E-state index contributed by atoms with van der Waals surface area (Å²) in [5, 5.41) is 10.8. The van der Waals surface area contributed by atoms with Crippen LogP contribution in [-0.2, 0) is 0 Å². The molecule has 0 spiro atoms. The van der Waals surface area contributed by atoms with Gasteiger partial charge in [0.1, 0.15) is 0 Å². The molecule has 0 aliphatic heterocycles. The van der Waals surface area contributed by atoms with Crippen molar-refractivity contribution in [2.75, 3.05) is 21.3 Å². The second-order valence-corrected chi connectivity index (χ2v) is 7.35. The summed E-state index contributed by atoms with van der Waals surface area (Å²) in [6.45, 7) is 3.93. The molecule has 0 saturated carbocycles. The lowest BCUT2D eigenvalue weighted by atomic mass is 9.92. The van der Waals surface area contributed by atoms with Gasteiger partial charge in [-0.3, -0.25) is 0 Å². The van der Waals surface area contributed by atoms with Crippen LogP contribution in [0.25, 0.3) is 0 Å². The Balaban J connectivity index is 2.56. The van der Waals surface area contributed by atoms with Gasteiger partial charge in [0.05, 0.1) is 27.4 Å². The molecule has 158 valence electrons. The van der Waals surface area contributed by atoms with E-state index in [1.54, 1.807) is 21.3 Å². The number of rotatable bonds is 14. The molecule has 0 saturated heterocycles. The molecule has 0 aliphatic rings. The van der Waals surface area contributed by atoms with E-state index >= 15 is 0 Å². The minimum atomic E-state index is -0.530. The van der Waals surface area contributed by atoms with Gasteiger partial charge in [-0.2, -0.15) is 0 Å². The summed E-state index contributed by atoms with van der Waals surface area (Å²) < 4.78 is 16.5. The zero-order valence-corrected chi connectivity index (χ0v) is 18.4. The van der Waals surface area contributed by atoms with Gasteiger partial charge in [-0.05, 0) is 32.3 Å². The van der Waals surface area contributed by atoms with Crippen molar-refractivity contribution in [2.45, 2.75) is 84.2 Å². The molecule has 4 heteroatoms. The monoisotopic (exact) mass is 390 g/mol. The van der Waals surface area contributed by atoms with Crippen molar-refractivity contribution in [3.8, 4) is 29.6 Å². The van der Waals surface area contributed by atoms with Crippen LogP contribution in [0.2, 0.25) is 0 Å². The fourth-order valence-corrected chi connectivity index (χ4v) is 3.92. The van der Waals surface area contributed by atoms with Gasteiger partial charge in [-0.25, -0.2) is 0 Å². The zero-order chi connectivity index (χ0) is 20.9. The number of terminal acetylenes is 1. The predicted molar refractivity (Wildman–Crippen MR) is 116 cm³/mol. The second kappa shape index (κ2) is 13.3. The van der Waals surface area contributed by atoms with Crippen molar-refractivity contribution < 1.29 is 19.3 Å². The van der Waals surface area contributed by atoms with Crippen molar-refractivity contribution in [3.05, 3.63) is 16.7 Å². The Morgan fingerprint density at radius 3 is 1.61 bits per heavy atom. The first kappa shape index (κ1) is 24.2. The maximum atomic E-state index is 10.8. The normalized spacial score (nSPS) is 11.8. The van der Waals surface area contributed by atoms with Gasteiger partial charge in [-0.15, -0.1) is 12.3 Å². The third kappa shape index (κ3) is 6.63. The topological polar surface area (TPSA) is 47.9 Å². The van der Waals surface area contributed by atoms with Gasteiger partial charge < -0.3 is 19.3 Å². The lowest BCUT2D eigenvalue weighted by molar-refractivity contribution is 0.160. The fourth-order valence-electron chi connectivity index (χ4n) is 3.92. The highest BCUT2D eigenvalue weighted by Gasteiger charge is 2.25. The highest BCUT2D eigenvalue weighted by atomic mass is 16.5. The number of ether oxygens (including phenoxy) is 3. The van der Waals surface area contributed by atoms with Gasteiger partial charge in [0.15, 0.2) is 11.5 Å². The smallest absolute Gasteiger partial charge is 0.203 e. The minimum absolute atomic E-state index is 0.530. The molecule has 28 heavy (non-hydrogen) atoms. The first-order chi connectivity index (χ1) is 13.5. The Bertz CT molecular complexity index is 599. The molecule has 1 rings (SSSR count). The van der Waals surface area contributed by atoms with Gasteiger partial charge in [0.2, 0.25) is 5.75 Å². The molecule has 1 atom stereocenters. The molecular formula is C24H38O4. The molecule has 4 nitrogen and oxygen atoms in total. The largest absolute Gasteiger partial charge is 0.492 e. The average molecular weight is 391 g/mol. The van der Waals surface area contributed by atoms with Crippen LogP contribution in [0.3, 0.4) is 0 Å². The number of aliphatic hydroxyl groups excluding tert-OH is 1. The molecule has 1 aromatic rings. The molecule has 0 aromatic heterocycles. The van der Waals surface area contributed by atoms with Crippen LogP contribution in [-0.4, -0.2) is 26.4 Å². The van der Waals surface area contributed by atoms with Crippen LogP contribution in [0, 0.1) is 26.2 Å². The van der Waals surface area contributed by atoms with E-state index in [-0.39, 0.29) is 0 Å². The Morgan fingerprint density at radius 1 is 0.750 bits per heavy atom. The van der Waals surface area contributed by atoms with Gasteiger partial charge in [0.25, 0.3) is 0 Å². The molecule has 0 bridgehead atoms. The van der Waals surface area contributed by atoms with E-state index in [0.29, 0.717) is 17.2 Å². The number of methoxy groups -OCH3 is 3. The number of hydrogen-bond donors (Lipinski definition) is 1. The molecule has 0 aliphatic carbocycles. The molecular weight excluding hydrogens is 352 g/mol. The van der Waals surface area contributed by atoms with Crippen molar-refractivity contribution in [1.29, 1.82) is 0 Å². The summed E-state index contributed by atoms with van der Waals surface area (Å²) in [4.78, 5) is 0. The highest BCUT2D eigenvalue weighted by molar-refractivity contribution is 5.63. The van der Waals surface area contributed by atoms with E-state index in [4.69, 9.17) is 20.6 Å². The minimum Gasteiger partial charge on any atom is -0.492 e.